The number of nitrogens with two attached hydrogens (primary N) is 1. The van der Waals surface area contributed by atoms with Crippen molar-refractivity contribution in [3.63, 3.8) is 0 Å². The summed E-state index contributed by atoms with van der Waals surface area (Å²) in [5.74, 6) is 0.677. The van der Waals surface area contributed by atoms with Crippen LogP contribution in [0.2, 0.25) is 0 Å². The summed E-state index contributed by atoms with van der Waals surface area (Å²) in [6.45, 7) is 14.1. The van der Waals surface area contributed by atoms with E-state index in [9.17, 15) is 19.2 Å². The minimum Gasteiger partial charge on any atom is -0.444 e. The molecule has 0 aliphatic heterocycles. The van der Waals surface area contributed by atoms with Crippen molar-refractivity contribution in [2.24, 2.45) is 5.73 Å². The zero-order chi connectivity index (χ0) is 27.8. The average molecular weight is 501 g/mol. The van der Waals surface area contributed by atoms with Crippen LogP contribution in [0.5, 0.6) is 0 Å². The van der Waals surface area contributed by atoms with Gasteiger partial charge in [0.2, 0.25) is 17.7 Å². The van der Waals surface area contributed by atoms with Gasteiger partial charge in [0.25, 0.3) is 0 Å². The lowest BCUT2D eigenvalue weighted by atomic mass is 9.94. The zero-order valence-corrected chi connectivity index (χ0v) is 22.6. The van der Waals surface area contributed by atoms with Crippen LogP contribution in [0.15, 0.2) is 24.3 Å². The molecule has 4 amide bonds. The van der Waals surface area contributed by atoms with Crippen molar-refractivity contribution in [1.82, 2.24) is 15.5 Å². The van der Waals surface area contributed by atoms with Crippen LogP contribution in [-0.2, 0) is 19.1 Å². The summed E-state index contributed by atoms with van der Waals surface area (Å²) < 4.78 is 5.28. The van der Waals surface area contributed by atoms with Crippen LogP contribution in [0.3, 0.4) is 0 Å². The van der Waals surface area contributed by atoms with Gasteiger partial charge in [-0.15, -0.1) is 6.42 Å². The molecule has 1 rings (SSSR count). The van der Waals surface area contributed by atoms with Gasteiger partial charge in [-0.05, 0) is 66.5 Å². The van der Waals surface area contributed by atoms with E-state index in [2.05, 4.69) is 16.6 Å². The number of terminal acetylenes is 1. The maximum atomic E-state index is 14.0. The lowest BCUT2D eigenvalue weighted by molar-refractivity contribution is -0.146. The van der Waals surface area contributed by atoms with E-state index in [1.165, 1.54) is 4.90 Å². The fourth-order valence-electron chi connectivity index (χ4n) is 3.55. The Kier molecular flexibility index (Phi) is 10.5. The largest absolute Gasteiger partial charge is 0.444 e. The lowest BCUT2D eigenvalue weighted by Gasteiger charge is -2.39. The first-order valence-electron chi connectivity index (χ1n) is 12.0. The number of hydrogen-bond donors (Lipinski definition) is 3. The van der Waals surface area contributed by atoms with Crippen molar-refractivity contribution in [2.45, 2.75) is 97.5 Å². The first-order chi connectivity index (χ1) is 16.5. The Hall–Kier alpha value is -3.54. The van der Waals surface area contributed by atoms with Gasteiger partial charge in [0.1, 0.15) is 17.7 Å². The molecule has 0 aromatic heterocycles. The van der Waals surface area contributed by atoms with Crippen molar-refractivity contribution in [2.75, 3.05) is 0 Å². The van der Waals surface area contributed by atoms with E-state index in [1.807, 2.05) is 27.7 Å². The van der Waals surface area contributed by atoms with Crippen molar-refractivity contribution in [3.8, 4) is 12.3 Å². The highest BCUT2D eigenvalue weighted by molar-refractivity contribution is 5.95. The third kappa shape index (κ3) is 9.25. The molecule has 9 nitrogen and oxygen atoms in total. The van der Waals surface area contributed by atoms with Crippen LogP contribution in [0.1, 0.15) is 85.4 Å². The summed E-state index contributed by atoms with van der Waals surface area (Å²) in [6.07, 6.45) is 4.86. The number of amides is 4. The Morgan fingerprint density at radius 2 is 1.69 bits per heavy atom. The number of benzene rings is 1. The van der Waals surface area contributed by atoms with Gasteiger partial charge in [-0.25, -0.2) is 4.79 Å². The number of nitrogens with zero attached hydrogens (tertiary/aromatic N) is 1. The summed E-state index contributed by atoms with van der Waals surface area (Å²) in [5.41, 5.74) is 4.87. The minimum absolute atomic E-state index is 0.444. The summed E-state index contributed by atoms with van der Waals surface area (Å²) in [5, 5.41) is 5.39. The number of primary amides is 1. The van der Waals surface area contributed by atoms with Gasteiger partial charge in [0, 0.05) is 17.1 Å². The van der Waals surface area contributed by atoms with Gasteiger partial charge < -0.3 is 26.0 Å². The highest BCUT2D eigenvalue weighted by Gasteiger charge is 2.40. The van der Waals surface area contributed by atoms with Gasteiger partial charge >= 0.3 is 6.09 Å². The van der Waals surface area contributed by atoms with E-state index < -0.39 is 59.5 Å². The molecule has 0 saturated carbocycles. The lowest BCUT2D eigenvalue weighted by Crippen LogP contribution is -2.57. The number of rotatable bonds is 9. The van der Waals surface area contributed by atoms with Crippen LogP contribution in [0.4, 0.5) is 4.79 Å². The Bertz CT molecular complexity index is 1000. The normalized spacial score (nSPS) is 14.0. The highest BCUT2D eigenvalue weighted by Crippen LogP contribution is 2.29. The third-order valence-corrected chi connectivity index (χ3v) is 5.15. The molecule has 9 heteroatoms. The summed E-state index contributed by atoms with van der Waals surface area (Å²) >= 11 is 0. The second-order valence-corrected chi connectivity index (χ2v) is 10.7. The maximum Gasteiger partial charge on any atom is 0.408 e. The summed E-state index contributed by atoms with van der Waals surface area (Å²) in [4.78, 5) is 53.4. The predicted octanol–water partition coefficient (Wildman–Crippen LogP) is 3.02. The minimum atomic E-state index is -1.35. The predicted molar refractivity (Wildman–Crippen MR) is 139 cm³/mol. The van der Waals surface area contributed by atoms with Crippen LogP contribution in [-0.4, -0.2) is 51.9 Å². The number of ether oxygens (including phenoxy) is 1. The van der Waals surface area contributed by atoms with Crippen molar-refractivity contribution < 1.29 is 23.9 Å². The molecule has 0 heterocycles. The molecule has 0 saturated heterocycles. The Balaban J connectivity index is 3.67. The van der Waals surface area contributed by atoms with E-state index in [0.717, 1.165) is 0 Å². The molecule has 1 aromatic rings. The fraction of sp³-hybridized carbons (Fsp3) is 0.556. The van der Waals surface area contributed by atoms with Gasteiger partial charge in [0.05, 0.1) is 6.42 Å². The topological polar surface area (TPSA) is 131 Å². The molecule has 0 bridgehead atoms. The van der Waals surface area contributed by atoms with Crippen LogP contribution >= 0.6 is 0 Å². The van der Waals surface area contributed by atoms with Gasteiger partial charge in [-0.1, -0.05) is 31.0 Å². The number of alkyl carbamates (subject to hydrolysis) is 1. The van der Waals surface area contributed by atoms with Crippen LogP contribution in [0, 0.1) is 12.3 Å². The van der Waals surface area contributed by atoms with Crippen molar-refractivity contribution >= 4 is 23.8 Å². The molecule has 3 atom stereocenters. The smallest absolute Gasteiger partial charge is 0.408 e. The Morgan fingerprint density at radius 1 is 1.11 bits per heavy atom. The van der Waals surface area contributed by atoms with E-state index in [4.69, 9.17) is 16.9 Å². The number of nitrogens with one attached hydrogen (secondary N) is 2. The van der Waals surface area contributed by atoms with Gasteiger partial charge in [0.15, 0.2) is 0 Å². The molecular formula is C27H40N4O5. The highest BCUT2D eigenvalue weighted by atomic mass is 16.6. The quantitative estimate of drug-likeness (QED) is 0.449. The molecule has 36 heavy (non-hydrogen) atoms. The van der Waals surface area contributed by atoms with Crippen molar-refractivity contribution in [3.05, 3.63) is 35.4 Å². The number of carbonyl (C=O) groups is 4. The standard InChI is InChI=1S/C27H40N4O5/c1-10-17(3)31(24(34)20(16-21(28)32)29-25(35)36-27(7,8)9)22(23(33)30-26(4,5)6)19-15-13-12-14-18(19)11-2/h2,12-15,17,20,22H,10,16H2,1,3-9H3,(H2,28,32)(H,29,35)(H,30,33). The van der Waals surface area contributed by atoms with Crippen LogP contribution in [0.25, 0.3) is 0 Å². The fourth-order valence-corrected chi connectivity index (χ4v) is 3.55. The maximum absolute atomic E-state index is 14.0. The molecule has 4 N–H and O–H groups in total. The average Bonchev–Trinajstić information content (AvgIpc) is 2.73. The van der Waals surface area contributed by atoms with Gasteiger partial charge in [-0.3, -0.25) is 14.4 Å². The molecular weight excluding hydrogens is 460 g/mol. The summed E-state index contributed by atoms with van der Waals surface area (Å²) in [7, 11) is 0. The molecule has 0 fully saturated rings. The Labute approximate surface area is 214 Å². The molecule has 0 aliphatic carbocycles. The molecule has 3 unspecified atom stereocenters. The second-order valence-electron chi connectivity index (χ2n) is 10.7. The SMILES string of the molecule is C#Cc1ccccc1C(C(=O)NC(C)(C)C)N(C(=O)C(CC(N)=O)NC(=O)OC(C)(C)C)C(C)CC. The Morgan fingerprint density at radius 3 is 2.17 bits per heavy atom. The summed E-state index contributed by atoms with van der Waals surface area (Å²) in [6, 6.07) is 3.90. The molecule has 0 spiro atoms. The van der Waals surface area contributed by atoms with E-state index in [-0.39, 0.29) is 0 Å². The molecule has 0 radical (unpaired) electrons. The number of hydrogen-bond acceptors (Lipinski definition) is 5. The first-order valence-corrected chi connectivity index (χ1v) is 12.0. The number of carbonyl (C=O) groups excluding carboxylic acids is 4. The van der Waals surface area contributed by atoms with E-state index in [1.54, 1.807) is 52.0 Å². The monoisotopic (exact) mass is 500 g/mol. The van der Waals surface area contributed by atoms with Crippen molar-refractivity contribution in [1.29, 1.82) is 0 Å². The van der Waals surface area contributed by atoms with Crippen LogP contribution < -0.4 is 16.4 Å². The first kappa shape index (κ1) is 30.5. The zero-order valence-electron chi connectivity index (χ0n) is 22.6. The molecule has 0 aliphatic rings. The van der Waals surface area contributed by atoms with E-state index in [0.29, 0.717) is 17.5 Å². The molecule has 198 valence electrons. The van der Waals surface area contributed by atoms with Gasteiger partial charge in [-0.2, -0.15) is 0 Å². The second kappa shape index (κ2) is 12.4. The van der Waals surface area contributed by atoms with E-state index >= 15 is 0 Å². The third-order valence-electron chi connectivity index (χ3n) is 5.15. The molecule has 1 aromatic carbocycles.